The second-order valence-electron chi connectivity index (χ2n) is 11.0. The molecule has 3 heterocycles. The SMILES string of the molecule is C[C@@H](c1ccc(CN2Cc3ccc(-c4ncc(N5CCC(=O)NC5=O)n4C)cc3C2)cc1)C1CCCC1. The van der Waals surface area contributed by atoms with Crippen LogP contribution in [0.4, 0.5) is 10.6 Å². The van der Waals surface area contributed by atoms with Crippen molar-refractivity contribution in [3.8, 4) is 11.4 Å². The van der Waals surface area contributed by atoms with Crippen molar-refractivity contribution < 1.29 is 9.59 Å². The number of aromatic nitrogens is 2. The van der Waals surface area contributed by atoms with Crippen LogP contribution < -0.4 is 10.2 Å². The van der Waals surface area contributed by atoms with E-state index in [0.717, 1.165) is 36.9 Å². The molecule has 1 saturated carbocycles. The molecule has 0 radical (unpaired) electrons. The third kappa shape index (κ3) is 4.68. The summed E-state index contributed by atoms with van der Waals surface area (Å²) in [4.78, 5) is 32.5. The summed E-state index contributed by atoms with van der Waals surface area (Å²) in [6, 6.07) is 15.5. The van der Waals surface area contributed by atoms with Gasteiger partial charge in [0.05, 0.1) is 6.20 Å². The average Bonchev–Trinajstić information content (AvgIpc) is 3.64. The Bertz CT molecular complexity index is 1320. The fourth-order valence-corrected chi connectivity index (χ4v) is 6.33. The van der Waals surface area contributed by atoms with Crippen molar-refractivity contribution in [1.82, 2.24) is 19.8 Å². The van der Waals surface area contributed by atoms with E-state index in [9.17, 15) is 9.59 Å². The van der Waals surface area contributed by atoms with E-state index in [1.165, 1.54) is 47.9 Å². The maximum Gasteiger partial charge on any atom is 0.329 e. The summed E-state index contributed by atoms with van der Waals surface area (Å²) in [6.07, 6.45) is 7.55. The number of imide groups is 1. The third-order valence-electron chi connectivity index (χ3n) is 8.57. The number of carbonyl (C=O) groups is 2. The Labute approximate surface area is 218 Å². The molecule has 0 bridgehead atoms. The van der Waals surface area contributed by atoms with Crippen molar-refractivity contribution >= 4 is 17.8 Å². The van der Waals surface area contributed by atoms with Crippen LogP contribution in [0.3, 0.4) is 0 Å². The Morgan fingerprint density at radius 3 is 2.54 bits per heavy atom. The second-order valence-corrected chi connectivity index (χ2v) is 11.0. The zero-order valence-corrected chi connectivity index (χ0v) is 21.7. The first-order valence-corrected chi connectivity index (χ1v) is 13.5. The fraction of sp³-hybridized carbons (Fsp3) is 0.433. The summed E-state index contributed by atoms with van der Waals surface area (Å²) in [5.41, 5.74) is 6.57. The third-order valence-corrected chi connectivity index (χ3v) is 8.57. The molecular formula is C30H35N5O2. The lowest BCUT2D eigenvalue weighted by molar-refractivity contribution is -0.120. The fourth-order valence-electron chi connectivity index (χ4n) is 6.33. The quantitative estimate of drug-likeness (QED) is 0.499. The van der Waals surface area contributed by atoms with Gasteiger partial charge in [-0.15, -0.1) is 0 Å². The number of amides is 3. The highest BCUT2D eigenvalue weighted by Gasteiger charge is 2.28. The zero-order valence-electron chi connectivity index (χ0n) is 21.7. The van der Waals surface area contributed by atoms with Crippen molar-refractivity contribution in [1.29, 1.82) is 0 Å². The maximum absolute atomic E-state index is 12.3. The van der Waals surface area contributed by atoms with Gasteiger partial charge in [-0.2, -0.15) is 0 Å². The zero-order chi connectivity index (χ0) is 25.5. The predicted molar refractivity (Wildman–Crippen MR) is 144 cm³/mol. The van der Waals surface area contributed by atoms with Gasteiger partial charge in [-0.25, -0.2) is 9.78 Å². The molecule has 1 saturated heterocycles. The number of nitrogens with zero attached hydrogens (tertiary/aromatic N) is 4. The monoisotopic (exact) mass is 497 g/mol. The van der Waals surface area contributed by atoms with E-state index in [4.69, 9.17) is 0 Å². The highest BCUT2D eigenvalue weighted by molar-refractivity contribution is 6.05. The van der Waals surface area contributed by atoms with E-state index in [0.29, 0.717) is 24.7 Å². The summed E-state index contributed by atoms with van der Waals surface area (Å²) in [5.74, 6) is 2.77. The number of benzene rings is 2. The minimum atomic E-state index is -0.392. The summed E-state index contributed by atoms with van der Waals surface area (Å²) < 4.78 is 1.93. The van der Waals surface area contributed by atoms with E-state index < -0.39 is 6.03 Å². The Kier molecular flexibility index (Phi) is 6.32. The molecule has 3 aliphatic rings. The maximum atomic E-state index is 12.3. The van der Waals surface area contributed by atoms with Gasteiger partial charge in [0, 0.05) is 45.2 Å². The van der Waals surface area contributed by atoms with Crippen molar-refractivity contribution in [3.63, 3.8) is 0 Å². The lowest BCUT2D eigenvalue weighted by Gasteiger charge is -2.26. The smallest absolute Gasteiger partial charge is 0.314 e. The minimum Gasteiger partial charge on any atom is -0.314 e. The molecule has 2 aromatic carbocycles. The van der Waals surface area contributed by atoms with E-state index in [-0.39, 0.29) is 5.91 Å². The van der Waals surface area contributed by atoms with Gasteiger partial charge in [0.15, 0.2) is 0 Å². The van der Waals surface area contributed by atoms with Crippen LogP contribution in [0.1, 0.15) is 67.2 Å². The van der Waals surface area contributed by atoms with Crippen LogP contribution in [0.5, 0.6) is 0 Å². The molecule has 6 rings (SSSR count). The van der Waals surface area contributed by atoms with Gasteiger partial charge < -0.3 is 4.57 Å². The van der Waals surface area contributed by atoms with E-state index >= 15 is 0 Å². The summed E-state index contributed by atoms with van der Waals surface area (Å²) in [5, 5.41) is 2.39. The van der Waals surface area contributed by atoms with E-state index in [1.54, 1.807) is 11.1 Å². The molecule has 2 aliphatic heterocycles. The Morgan fingerprint density at radius 1 is 1.03 bits per heavy atom. The lowest BCUT2D eigenvalue weighted by atomic mass is 9.86. The van der Waals surface area contributed by atoms with Crippen molar-refractivity contribution in [2.24, 2.45) is 13.0 Å². The molecule has 1 aromatic heterocycles. The van der Waals surface area contributed by atoms with Crippen molar-refractivity contribution in [2.75, 3.05) is 11.4 Å². The first-order chi connectivity index (χ1) is 18.0. The van der Waals surface area contributed by atoms with Crippen LogP contribution in [0.25, 0.3) is 11.4 Å². The normalized spacial score (nSPS) is 19.4. The highest BCUT2D eigenvalue weighted by Crippen LogP contribution is 2.37. The van der Waals surface area contributed by atoms with Crippen LogP contribution in [0.2, 0.25) is 0 Å². The Balaban J connectivity index is 1.13. The Hall–Kier alpha value is -3.45. The molecule has 3 aromatic rings. The summed E-state index contributed by atoms with van der Waals surface area (Å²) in [6.45, 7) is 5.56. The molecule has 37 heavy (non-hydrogen) atoms. The molecule has 192 valence electrons. The first kappa shape index (κ1) is 23.9. The molecule has 7 heteroatoms. The topological polar surface area (TPSA) is 70.5 Å². The van der Waals surface area contributed by atoms with Gasteiger partial charge >= 0.3 is 6.03 Å². The van der Waals surface area contributed by atoms with Gasteiger partial charge in [-0.05, 0) is 53.0 Å². The standard InChI is InChI=1S/C30H35N5O2/c1-20(22-5-3-4-6-22)23-9-7-21(8-10-23)17-34-18-25-12-11-24(15-26(25)19-34)29-31-16-28(33(29)2)35-14-13-27(36)32-30(35)37/h7-12,15-16,20,22H,3-6,13-14,17-19H2,1-2H3,(H,32,36,37)/t20-/m1/s1. The van der Waals surface area contributed by atoms with Crippen LogP contribution in [0, 0.1) is 5.92 Å². The number of rotatable bonds is 6. The minimum absolute atomic E-state index is 0.235. The molecule has 0 unspecified atom stereocenters. The number of imidazole rings is 1. The second kappa shape index (κ2) is 9.78. The molecular weight excluding hydrogens is 462 g/mol. The number of hydrogen-bond donors (Lipinski definition) is 1. The largest absolute Gasteiger partial charge is 0.329 e. The molecule has 3 amide bonds. The summed E-state index contributed by atoms with van der Waals surface area (Å²) >= 11 is 0. The molecule has 1 atom stereocenters. The van der Waals surface area contributed by atoms with Crippen LogP contribution >= 0.6 is 0 Å². The number of hydrogen-bond acceptors (Lipinski definition) is 4. The van der Waals surface area contributed by atoms with Crippen LogP contribution in [-0.2, 0) is 31.5 Å². The van der Waals surface area contributed by atoms with Gasteiger partial charge in [0.25, 0.3) is 0 Å². The molecule has 1 aliphatic carbocycles. The van der Waals surface area contributed by atoms with Gasteiger partial charge in [-0.3, -0.25) is 19.9 Å². The average molecular weight is 498 g/mol. The predicted octanol–water partition coefficient (Wildman–Crippen LogP) is 5.34. The van der Waals surface area contributed by atoms with Crippen LogP contribution in [0.15, 0.2) is 48.7 Å². The highest BCUT2D eigenvalue weighted by atomic mass is 16.2. The van der Waals surface area contributed by atoms with Gasteiger partial charge in [-0.1, -0.05) is 56.2 Å². The molecule has 2 fully saturated rings. The van der Waals surface area contributed by atoms with Gasteiger partial charge in [0.1, 0.15) is 11.6 Å². The van der Waals surface area contributed by atoms with Gasteiger partial charge in [0.2, 0.25) is 5.91 Å². The van der Waals surface area contributed by atoms with E-state index in [1.807, 2.05) is 11.6 Å². The number of carbonyl (C=O) groups excluding carboxylic acids is 2. The molecule has 7 nitrogen and oxygen atoms in total. The van der Waals surface area contributed by atoms with Crippen molar-refractivity contribution in [3.05, 3.63) is 70.9 Å². The molecule has 0 spiro atoms. The van der Waals surface area contributed by atoms with E-state index in [2.05, 4.69) is 64.6 Å². The summed E-state index contributed by atoms with van der Waals surface area (Å²) in [7, 11) is 1.91. The van der Waals surface area contributed by atoms with Crippen molar-refractivity contribution in [2.45, 2.75) is 64.6 Å². The molecule has 1 N–H and O–H groups in total. The number of anilines is 1. The number of fused-ring (bicyclic) bond motifs is 1. The first-order valence-electron chi connectivity index (χ1n) is 13.5. The lowest BCUT2D eigenvalue weighted by Crippen LogP contribution is -2.50. The Morgan fingerprint density at radius 2 is 1.78 bits per heavy atom. The van der Waals surface area contributed by atoms with Crippen LogP contribution in [-0.4, -0.2) is 32.9 Å². The number of nitrogens with one attached hydrogen (secondary N) is 1. The number of urea groups is 1.